The van der Waals surface area contributed by atoms with Crippen molar-refractivity contribution in [1.29, 1.82) is 0 Å². The van der Waals surface area contributed by atoms with E-state index >= 15 is 0 Å². The smallest absolute Gasteiger partial charge is 0.166 e. The molecule has 0 atom stereocenters. The summed E-state index contributed by atoms with van der Waals surface area (Å²) in [7, 11) is 3.55. The number of ether oxygens (including phenoxy) is 1. The maximum Gasteiger partial charge on any atom is 0.166 e. The van der Waals surface area contributed by atoms with Crippen molar-refractivity contribution in [3.8, 4) is 5.75 Å². The second-order valence-electron chi connectivity index (χ2n) is 6.30. The molecule has 2 aromatic rings. The summed E-state index contributed by atoms with van der Waals surface area (Å²) >= 11 is 1.60. The quantitative estimate of drug-likeness (QED) is 0.611. The Hall–Kier alpha value is -2.67. The van der Waals surface area contributed by atoms with E-state index in [0.717, 1.165) is 52.6 Å². The van der Waals surface area contributed by atoms with Gasteiger partial charge in [-0.25, -0.2) is 0 Å². The van der Waals surface area contributed by atoms with E-state index < -0.39 is 0 Å². The number of carbonyl (C=O) groups excluding carboxylic acids is 1. The Labute approximate surface area is 163 Å². The molecule has 0 radical (unpaired) electrons. The van der Waals surface area contributed by atoms with Crippen LogP contribution in [0.15, 0.2) is 52.1 Å². The molecular weight excluding hydrogens is 360 g/mol. The maximum absolute atomic E-state index is 11.2. The predicted molar refractivity (Wildman–Crippen MR) is 109 cm³/mol. The van der Waals surface area contributed by atoms with E-state index in [4.69, 9.17) is 15.5 Å². The van der Waals surface area contributed by atoms with E-state index in [0.29, 0.717) is 12.2 Å². The standard InChI is InChI=1S/C20H24N4O2S/c1-14-20(10-16(13-25)23(14)2)27-24-9-8-18(19(24)11-21)22-12-15-4-6-17(26-3)7-5-15/h4-7,10-11,13H,8-9,12,21H2,1-3H3/b19-11+,22-18?. The highest BCUT2D eigenvalue weighted by Gasteiger charge is 2.25. The molecule has 1 aliphatic heterocycles. The van der Waals surface area contributed by atoms with Gasteiger partial charge in [-0.15, -0.1) is 0 Å². The van der Waals surface area contributed by atoms with Crippen LogP contribution in [-0.2, 0) is 13.6 Å². The lowest BCUT2D eigenvalue weighted by Gasteiger charge is -2.17. The predicted octanol–water partition coefficient (Wildman–Crippen LogP) is 3.31. The van der Waals surface area contributed by atoms with Crippen molar-refractivity contribution in [2.75, 3.05) is 13.7 Å². The van der Waals surface area contributed by atoms with Crippen molar-refractivity contribution in [3.05, 3.63) is 59.2 Å². The van der Waals surface area contributed by atoms with Gasteiger partial charge in [-0.05, 0) is 42.6 Å². The first kappa shape index (κ1) is 19.1. The Morgan fingerprint density at radius 2 is 2.07 bits per heavy atom. The summed E-state index contributed by atoms with van der Waals surface area (Å²) in [5.41, 5.74) is 10.7. The van der Waals surface area contributed by atoms with Crippen molar-refractivity contribution >= 4 is 23.9 Å². The molecular formula is C20H24N4O2S. The van der Waals surface area contributed by atoms with E-state index in [1.54, 1.807) is 25.3 Å². The van der Waals surface area contributed by atoms with E-state index in [1.807, 2.05) is 48.9 Å². The van der Waals surface area contributed by atoms with Gasteiger partial charge in [0.2, 0.25) is 0 Å². The zero-order chi connectivity index (χ0) is 19.4. The number of allylic oxidation sites excluding steroid dienone is 1. The van der Waals surface area contributed by atoms with Crippen molar-refractivity contribution in [2.45, 2.75) is 24.8 Å². The lowest BCUT2D eigenvalue weighted by Crippen LogP contribution is -2.12. The van der Waals surface area contributed by atoms with Gasteiger partial charge < -0.3 is 19.3 Å². The van der Waals surface area contributed by atoms with E-state index in [1.165, 1.54) is 0 Å². The molecule has 7 heteroatoms. The highest BCUT2D eigenvalue weighted by atomic mass is 32.2. The van der Waals surface area contributed by atoms with Crippen molar-refractivity contribution in [1.82, 2.24) is 8.87 Å². The zero-order valence-electron chi connectivity index (χ0n) is 15.8. The number of rotatable bonds is 6. The Kier molecular flexibility index (Phi) is 5.91. The molecule has 0 bridgehead atoms. The first-order chi connectivity index (χ1) is 13.1. The number of nitrogens with two attached hydrogens (primary N) is 1. The minimum atomic E-state index is 0.606. The molecule has 1 saturated heterocycles. The fourth-order valence-electron chi connectivity index (χ4n) is 2.97. The SMILES string of the molecule is COc1ccc(CN=C2CCN(Sc3cc(C=O)n(C)c3C)/C2=C/N)cc1. The monoisotopic (exact) mass is 384 g/mol. The van der Waals surface area contributed by atoms with Crippen LogP contribution in [-0.4, -0.2) is 34.5 Å². The van der Waals surface area contributed by atoms with E-state index in [2.05, 4.69) is 4.31 Å². The molecule has 2 heterocycles. The minimum Gasteiger partial charge on any atom is -0.497 e. The number of benzene rings is 1. The third kappa shape index (κ3) is 4.03. The minimum absolute atomic E-state index is 0.606. The van der Waals surface area contributed by atoms with Crippen LogP contribution in [0.4, 0.5) is 0 Å². The Bertz CT molecular complexity index is 884. The van der Waals surface area contributed by atoms with Crippen LogP contribution < -0.4 is 10.5 Å². The van der Waals surface area contributed by atoms with Gasteiger partial charge in [-0.2, -0.15) is 0 Å². The van der Waals surface area contributed by atoms with Crippen molar-refractivity contribution in [3.63, 3.8) is 0 Å². The molecule has 0 spiro atoms. The largest absolute Gasteiger partial charge is 0.497 e. The Balaban J connectivity index is 1.72. The number of hydrogen-bond donors (Lipinski definition) is 1. The molecule has 0 saturated carbocycles. The third-order valence-electron chi connectivity index (χ3n) is 4.74. The van der Waals surface area contributed by atoms with Gasteiger partial charge in [-0.1, -0.05) is 12.1 Å². The molecule has 3 rings (SSSR count). The van der Waals surface area contributed by atoms with Gasteiger partial charge in [0, 0.05) is 31.9 Å². The number of aliphatic imine (C=N–C) groups is 1. The fraction of sp³-hybridized carbons (Fsp3) is 0.300. The second kappa shape index (κ2) is 8.35. The van der Waals surface area contributed by atoms with Gasteiger partial charge in [0.15, 0.2) is 6.29 Å². The summed E-state index contributed by atoms with van der Waals surface area (Å²) < 4.78 is 9.23. The van der Waals surface area contributed by atoms with Crippen LogP contribution >= 0.6 is 11.9 Å². The molecule has 2 N–H and O–H groups in total. The van der Waals surface area contributed by atoms with Crippen LogP contribution in [0.5, 0.6) is 5.75 Å². The van der Waals surface area contributed by atoms with E-state index in [-0.39, 0.29) is 0 Å². The van der Waals surface area contributed by atoms with Gasteiger partial charge in [-0.3, -0.25) is 9.79 Å². The summed E-state index contributed by atoms with van der Waals surface area (Å²) in [6.45, 7) is 3.45. The van der Waals surface area contributed by atoms with Crippen molar-refractivity contribution in [2.24, 2.45) is 17.8 Å². The average molecular weight is 385 g/mol. The number of methoxy groups -OCH3 is 1. The molecule has 1 aromatic heterocycles. The van der Waals surface area contributed by atoms with Gasteiger partial charge in [0.05, 0.1) is 35.7 Å². The number of hydrogen-bond acceptors (Lipinski definition) is 6. The zero-order valence-corrected chi connectivity index (χ0v) is 16.6. The lowest BCUT2D eigenvalue weighted by molar-refractivity contribution is 0.111. The first-order valence-corrected chi connectivity index (χ1v) is 9.50. The van der Waals surface area contributed by atoms with Crippen LogP contribution in [0.1, 0.15) is 28.2 Å². The Morgan fingerprint density at radius 1 is 1.33 bits per heavy atom. The van der Waals surface area contributed by atoms with Crippen LogP contribution in [0.25, 0.3) is 0 Å². The lowest BCUT2D eigenvalue weighted by atomic mass is 10.2. The molecule has 1 aliphatic rings. The molecule has 0 amide bonds. The van der Waals surface area contributed by atoms with Crippen LogP contribution in [0, 0.1) is 6.92 Å². The average Bonchev–Trinajstić information content (AvgIpc) is 3.21. The van der Waals surface area contributed by atoms with Crippen LogP contribution in [0.2, 0.25) is 0 Å². The van der Waals surface area contributed by atoms with Crippen LogP contribution in [0.3, 0.4) is 0 Å². The third-order valence-corrected chi connectivity index (χ3v) is 5.95. The number of carbonyl (C=O) groups is 1. The topological polar surface area (TPSA) is 72.8 Å². The second-order valence-corrected chi connectivity index (χ2v) is 7.37. The van der Waals surface area contributed by atoms with Gasteiger partial charge in [0.1, 0.15) is 5.75 Å². The maximum atomic E-state index is 11.2. The molecule has 142 valence electrons. The normalized spacial score (nSPS) is 17.1. The van der Waals surface area contributed by atoms with E-state index in [9.17, 15) is 4.79 Å². The molecule has 1 fully saturated rings. The molecule has 1 aromatic carbocycles. The molecule has 27 heavy (non-hydrogen) atoms. The molecule has 6 nitrogen and oxygen atoms in total. The number of aldehydes is 1. The summed E-state index contributed by atoms with van der Waals surface area (Å²) in [6.07, 6.45) is 3.34. The Morgan fingerprint density at radius 3 is 2.67 bits per heavy atom. The summed E-state index contributed by atoms with van der Waals surface area (Å²) in [5.74, 6) is 0.838. The van der Waals surface area contributed by atoms with Gasteiger partial charge >= 0.3 is 0 Å². The number of aromatic nitrogens is 1. The summed E-state index contributed by atoms with van der Waals surface area (Å²) in [6, 6.07) is 9.83. The first-order valence-electron chi connectivity index (χ1n) is 8.73. The molecule has 0 unspecified atom stereocenters. The van der Waals surface area contributed by atoms with Crippen molar-refractivity contribution < 1.29 is 9.53 Å². The highest BCUT2D eigenvalue weighted by molar-refractivity contribution is 7.97. The fourth-order valence-corrected chi connectivity index (χ4v) is 4.10. The van der Waals surface area contributed by atoms with Gasteiger partial charge in [0.25, 0.3) is 0 Å². The molecule has 0 aliphatic carbocycles. The highest BCUT2D eigenvalue weighted by Crippen LogP contribution is 2.35. The number of nitrogens with zero attached hydrogens (tertiary/aromatic N) is 3. The summed E-state index contributed by atoms with van der Waals surface area (Å²) in [5, 5.41) is 0. The summed E-state index contributed by atoms with van der Waals surface area (Å²) in [4.78, 5) is 17.0.